The maximum Gasteiger partial charge on any atom is 0.229 e. The number of thiazole rings is 1. The fraction of sp³-hybridized carbons (Fsp3) is 0.320. The minimum atomic E-state index is 0.0872. The van der Waals surface area contributed by atoms with E-state index in [1.807, 2.05) is 35.2 Å². The van der Waals surface area contributed by atoms with Crippen molar-refractivity contribution in [3.05, 3.63) is 70.7 Å². The van der Waals surface area contributed by atoms with Crippen LogP contribution >= 0.6 is 11.3 Å². The van der Waals surface area contributed by atoms with Gasteiger partial charge < -0.3 is 10.2 Å². The van der Waals surface area contributed by atoms with E-state index in [4.69, 9.17) is 0 Å². The van der Waals surface area contributed by atoms with Crippen LogP contribution in [0, 0.1) is 5.92 Å². The van der Waals surface area contributed by atoms with Crippen molar-refractivity contribution in [2.24, 2.45) is 5.92 Å². The van der Waals surface area contributed by atoms with Gasteiger partial charge in [-0.2, -0.15) is 0 Å². The summed E-state index contributed by atoms with van der Waals surface area (Å²) < 4.78 is 0. The summed E-state index contributed by atoms with van der Waals surface area (Å²) in [5, 5.41) is 3.64. The Bertz CT molecular complexity index is 1090. The third-order valence-corrected chi connectivity index (χ3v) is 7.20. The number of carbonyl (C=O) groups is 2. The molecule has 2 aromatic carbocycles. The zero-order valence-corrected chi connectivity index (χ0v) is 18.2. The molecular weight excluding hydrogens is 406 g/mol. The van der Waals surface area contributed by atoms with Gasteiger partial charge in [-0.15, -0.1) is 0 Å². The normalized spacial score (nSPS) is 15.8. The van der Waals surface area contributed by atoms with Gasteiger partial charge in [0.2, 0.25) is 11.8 Å². The Labute approximate surface area is 186 Å². The minimum absolute atomic E-state index is 0.0872. The van der Waals surface area contributed by atoms with Crippen LogP contribution < -0.4 is 5.32 Å². The fourth-order valence-corrected chi connectivity index (χ4v) is 5.10. The van der Waals surface area contributed by atoms with Gasteiger partial charge in [-0.25, -0.2) is 4.98 Å². The van der Waals surface area contributed by atoms with E-state index in [-0.39, 0.29) is 17.7 Å². The van der Waals surface area contributed by atoms with Crippen molar-refractivity contribution in [1.82, 2.24) is 9.88 Å². The smallest absolute Gasteiger partial charge is 0.229 e. The molecule has 3 aromatic rings. The quantitative estimate of drug-likeness (QED) is 0.638. The highest BCUT2D eigenvalue weighted by Gasteiger charge is 2.28. The molecule has 1 N–H and O–H groups in total. The molecule has 5 nitrogen and oxygen atoms in total. The molecule has 6 heteroatoms. The Hall–Kier alpha value is -2.99. The number of rotatable bonds is 5. The highest BCUT2D eigenvalue weighted by Crippen LogP contribution is 2.31. The molecule has 0 spiro atoms. The number of aromatic nitrogens is 1. The SMILES string of the molecule is O=C(Nc1nc2c(s1)CN(C(=O)Cc1ccc(-c3ccccc3)cc1)CC2)C1CCC1. The molecule has 0 atom stereocenters. The lowest BCUT2D eigenvalue weighted by atomic mass is 9.85. The second-order valence-electron chi connectivity index (χ2n) is 8.31. The number of nitrogens with one attached hydrogen (secondary N) is 1. The van der Waals surface area contributed by atoms with Crippen molar-refractivity contribution < 1.29 is 9.59 Å². The fourth-order valence-electron chi connectivity index (χ4n) is 4.07. The number of nitrogens with zero attached hydrogens (tertiary/aromatic N) is 2. The van der Waals surface area contributed by atoms with Gasteiger partial charge in [-0.05, 0) is 29.5 Å². The molecule has 0 radical (unpaired) electrons. The summed E-state index contributed by atoms with van der Waals surface area (Å²) in [6.07, 6.45) is 4.23. The Balaban J connectivity index is 1.20. The highest BCUT2D eigenvalue weighted by molar-refractivity contribution is 7.15. The topological polar surface area (TPSA) is 62.3 Å². The lowest BCUT2D eigenvalue weighted by Crippen LogP contribution is -2.36. The van der Waals surface area contributed by atoms with Gasteiger partial charge in [-0.1, -0.05) is 72.4 Å². The van der Waals surface area contributed by atoms with E-state index >= 15 is 0 Å². The Kier molecular flexibility index (Phi) is 5.55. The first kappa shape index (κ1) is 19.9. The van der Waals surface area contributed by atoms with E-state index in [1.54, 1.807) is 0 Å². The summed E-state index contributed by atoms with van der Waals surface area (Å²) in [4.78, 5) is 32.7. The van der Waals surface area contributed by atoms with Gasteiger partial charge in [0, 0.05) is 23.8 Å². The molecule has 1 aliphatic carbocycles. The number of amides is 2. The van der Waals surface area contributed by atoms with Crippen molar-refractivity contribution in [2.75, 3.05) is 11.9 Å². The monoisotopic (exact) mass is 431 g/mol. The third-order valence-electron chi connectivity index (χ3n) is 6.21. The second-order valence-corrected chi connectivity index (χ2v) is 9.39. The van der Waals surface area contributed by atoms with Crippen LogP contribution in [0.15, 0.2) is 54.6 Å². The van der Waals surface area contributed by atoms with Gasteiger partial charge in [0.1, 0.15) is 0 Å². The summed E-state index contributed by atoms with van der Waals surface area (Å²) in [5.41, 5.74) is 4.37. The van der Waals surface area contributed by atoms with Crippen molar-refractivity contribution in [1.29, 1.82) is 0 Å². The van der Waals surface area contributed by atoms with Crippen LogP contribution in [0.25, 0.3) is 11.1 Å². The average molecular weight is 432 g/mol. The number of anilines is 1. The molecule has 0 bridgehead atoms. The Morgan fingerprint density at radius 2 is 1.77 bits per heavy atom. The Morgan fingerprint density at radius 3 is 2.48 bits per heavy atom. The molecule has 2 aliphatic rings. The first-order valence-electron chi connectivity index (χ1n) is 10.9. The highest BCUT2D eigenvalue weighted by atomic mass is 32.1. The maximum absolute atomic E-state index is 12.9. The van der Waals surface area contributed by atoms with Gasteiger partial charge in [0.05, 0.1) is 18.7 Å². The lowest BCUT2D eigenvalue weighted by Gasteiger charge is -2.26. The molecular formula is C25H25N3O2S. The van der Waals surface area contributed by atoms with E-state index in [0.717, 1.165) is 47.4 Å². The summed E-state index contributed by atoms with van der Waals surface area (Å²) in [5.74, 6) is 0.364. The molecule has 1 aromatic heterocycles. The van der Waals surface area contributed by atoms with E-state index < -0.39 is 0 Å². The summed E-state index contributed by atoms with van der Waals surface area (Å²) in [7, 11) is 0. The van der Waals surface area contributed by atoms with Gasteiger partial charge >= 0.3 is 0 Å². The van der Waals surface area contributed by atoms with Crippen LogP contribution in [0.1, 0.15) is 35.4 Å². The van der Waals surface area contributed by atoms with Crippen molar-refractivity contribution in [3.8, 4) is 11.1 Å². The zero-order chi connectivity index (χ0) is 21.2. The summed E-state index contributed by atoms with van der Waals surface area (Å²) in [6.45, 7) is 1.25. The molecule has 2 heterocycles. The van der Waals surface area contributed by atoms with E-state index in [1.165, 1.54) is 16.9 Å². The number of carbonyl (C=O) groups excluding carboxylic acids is 2. The number of benzene rings is 2. The minimum Gasteiger partial charge on any atom is -0.337 e. The van der Waals surface area contributed by atoms with Gasteiger partial charge in [0.25, 0.3) is 0 Å². The Morgan fingerprint density at radius 1 is 1.03 bits per heavy atom. The van der Waals surface area contributed by atoms with Crippen LogP contribution in [0.4, 0.5) is 5.13 Å². The van der Waals surface area contributed by atoms with Crippen LogP contribution in [0.5, 0.6) is 0 Å². The molecule has 31 heavy (non-hydrogen) atoms. The molecule has 2 amide bonds. The van der Waals surface area contributed by atoms with Crippen LogP contribution in [-0.4, -0.2) is 28.2 Å². The zero-order valence-electron chi connectivity index (χ0n) is 17.3. The lowest BCUT2D eigenvalue weighted by molar-refractivity contribution is -0.131. The second kappa shape index (κ2) is 8.63. The summed E-state index contributed by atoms with van der Waals surface area (Å²) >= 11 is 1.51. The molecule has 0 unspecified atom stereocenters. The van der Waals surface area contributed by atoms with Crippen LogP contribution in [0.2, 0.25) is 0 Å². The van der Waals surface area contributed by atoms with Crippen LogP contribution in [0.3, 0.4) is 0 Å². The number of hydrogen-bond donors (Lipinski definition) is 1. The number of hydrogen-bond acceptors (Lipinski definition) is 4. The third kappa shape index (κ3) is 4.39. The molecule has 0 saturated heterocycles. The van der Waals surface area contributed by atoms with Gasteiger partial charge in [0.15, 0.2) is 5.13 Å². The molecule has 1 fully saturated rings. The number of fused-ring (bicyclic) bond motifs is 1. The summed E-state index contributed by atoms with van der Waals surface area (Å²) in [6, 6.07) is 18.5. The first-order chi connectivity index (χ1) is 15.2. The van der Waals surface area contributed by atoms with Crippen LogP contribution in [-0.2, 0) is 29.0 Å². The largest absolute Gasteiger partial charge is 0.337 e. The molecule has 5 rings (SSSR count). The van der Waals surface area contributed by atoms with Crippen molar-refractivity contribution in [3.63, 3.8) is 0 Å². The van der Waals surface area contributed by atoms with E-state index in [2.05, 4.69) is 34.6 Å². The predicted octanol–water partition coefficient (Wildman–Crippen LogP) is 4.68. The average Bonchev–Trinajstić information content (AvgIpc) is 3.15. The standard InChI is InChI=1S/C25H25N3O2S/c29-23(15-17-9-11-19(12-10-17)18-5-2-1-3-6-18)28-14-13-21-22(16-28)31-25(26-21)27-24(30)20-7-4-8-20/h1-3,5-6,9-12,20H,4,7-8,13-16H2,(H,26,27,30). The first-order valence-corrected chi connectivity index (χ1v) is 11.7. The predicted molar refractivity (Wildman–Crippen MR) is 123 cm³/mol. The van der Waals surface area contributed by atoms with Crippen molar-refractivity contribution >= 4 is 28.3 Å². The molecule has 1 aliphatic heterocycles. The molecule has 158 valence electrons. The maximum atomic E-state index is 12.9. The van der Waals surface area contributed by atoms with Gasteiger partial charge in [-0.3, -0.25) is 9.59 Å². The molecule has 1 saturated carbocycles. The van der Waals surface area contributed by atoms with E-state index in [9.17, 15) is 9.59 Å². The van der Waals surface area contributed by atoms with Crippen molar-refractivity contribution in [2.45, 2.75) is 38.6 Å². The van der Waals surface area contributed by atoms with E-state index in [0.29, 0.717) is 24.6 Å².